The number of pyridine rings is 1. The third-order valence-corrected chi connectivity index (χ3v) is 5.15. The minimum Gasteiger partial charge on any atom is -0.390 e. The minimum atomic E-state index is -0.442. The summed E-state index contributed by atoms with van der Waals surface area (Å²) in [5.74, 6) is 2.13. The Kier molecular flexibility index (Phi) is 3.25. The number of rotatable bonds is 2. The van der Waals surface area contributed by atoms with Crippen LogP contribution in [0.2, 0.25) is 0 Å². The van der Waals surface area contributed by atoms with E-state index in [4.69, 9.17) is 0 Å². The van der Waals surface area contributed by atoms with Crippen molar-refractivity contribution in [2.75, 3.05) is 18.0 Å². The molecule has 3 rings (SSSR count). The molecule has 1 saturated heterocycles. The molecule has 1 aliphatic heterocycles. The normalized spacial score (nSPS) is 34.4. The van der Waals surface area contributed by atoms with E-state index in [-0.39, 0.29) is 0 Å². The van der Waals surface area contributed by atoms with Crippen molar-refractivity contribution in [3.63, 3.8) is 0 Å². The number of anilines is 1. The van der Waals surface area contributed by atoms with Gasteiger partial charge in [0.15, 0.2) is 0 Å². The largest absolute Gasteiger partial charge is 0.390 e. The molecule has 19 heavy (non-hydrogen) atoms. The van der Waals surface area contributed by atoms with E-state index < -0.39 is 5.60 Å². The van der Waals surface area contributed by atoms with Gasteiger partial charge >= 0.3 is 0 Å². The van der Waals surface area contributed by atoms with Crippen LogP contribution < -0.4 is 4.90 Å². The number of fused-ring (bicyclic) bond motifs is 1. The van der Waals surface area contributed by atoms with E-state index in [1.54, 1.807) is 0 Å². The number of nitrogens with zero attached hydrogens (tertiary/aromatic N) is 2. The van der Waals surface area contributed by atoms with Gasteiger partial charge in [-0.3, -0.25) is 0 Å². The number of aromatic nitrogens is 1. The van der Waals surface area contributed by atoms with Crippen LogP contribution in [0.15, 0.2) is 18.3 Å². The maximum atomic E-state index is 10.8. The van der Waals surface area contributed by atoms with E-state index >= 15 is 0 Å². The van der Waals surface area contributed by atoms with E-state index in [0.29, 0.717) is 11.8 Å². The van der Waals surface area contributed by atoms with Crippen molar-refractivity contribution in [2.24, 2.45) is 11.8 Å². The first-order valence-corrected chi connectivity index (χ1v) is 7.52. The summed E-state index contributed by atoms with van der Waals surface area (Å²) in [6.07, 6.45) is 6.21. The second kappa shape index (κ2) is 4.78. The zero-order valence-corrected chi connectivity index (χ0v) is 12.0. The van der Waals surface area contributed by atoms with Crippen molar-refractivity contribution in [1.82, 2.24) is 4.98 Å². The predicted octanol–water partition coefficient (Wildman–Crippen LogP) is 2.77. The molecule has 0 amide bonds. The zero-order chi connectivity index (χ0) is 13.5. The Bertz CT molecular complexity index is 445. The van der Waals surface area contributed by atoms with Crippen LogP contribution in [-0.2, 0) is 0 Å². The van der Waals surface area contributed by atoms with Gasteiger partial charge in [0.1, 0.15) is 5.82 Å². The van der Waals surface area contributed by atoms with Crippen LogP contribution in [0.5, 0.6) is 0 Å². The van der Waals surface area contributed by atoms with E-state index in [1.165, 1.54) is 18.4 Å². The van der Waals surface area contributed by atoms with Gasteiger partial charge in [-0.05, 0) is 43.7 Å². The molecule has 1 saturated carbocycles. The lowest BCUT2D eigenvalue weighted by atomic mass is 9.69. The van der Waals surface area contributed by atoms with E-state index in [0.717, 1.165) is 31.7 Å². The highest BCUT2D eigenvalue weighted by Crippen LogP contribution is 2.44. The molecule has 2 fully saturated rings. The Morgan fingerprint density at radius 2 is 2.26 bits per heavy atom. The molecule has 0 bridgehead atoms. The molecule has 1 N–H and O–H groups in total. The maximum absolute atomic E-state index is 10.8. The summed E-state index contributed by atoms with van der Waals surface area (Å²) < 4.78 is 0. The van der Waals surface area contributed by atoms with Crippen LogP contribution in [0, 0.1) is 18.8 Å². The summed E-state index contributed by atoms with van der Waals surface area (Å²) >= 11 is 0. The van der Waals surface area contributed by atoms with Crippen molar-refractivity contribution in [1.29, 1.82) is 0 Å². The third-order valence-electron chi connectivity index (χ3n) is 5.15. The summed E-state index contributed by atoms with van der Waals surface area (Å²) in [5.41, 5.74) is 0.757. The lowest BCUT2D eigenvalue weighted by Gasteiger charge is -2.40. The molecule has 3 heteroatoms. The molecule has 2 aliphatic rings. The first kappa shape index (κ1) is 12.9. The highest BCUT2D eigenvalue weighted by molar-refractivity contribution is 5.41. The van der Waals surface area contributed by atoms with Crippen molar-refractivity contribution >= 4 is 5.82 Å². The van der Waals surface area contributed by atoms with Crippen LogP contribution in [0.3, 0.4) is 0 Å². The fourth-order valence-corrected chi connectivity index (χ4v) is 3.90. The van der Waals surface area contributed by atoms with Gasteiger partial charge in [0.05, 0.1) is 5.60 Å². The van der Waals surface area contributed by atoms with Gasteiger partial charge in [-0.25, -0.2) is 4.98 Å². The maximum Gasteiger partial charge on any atom is 0.128 e. The first-order chi connectivity index (χ1) is 9.12. The van der Waals surface area contributed by atoms with Crippen molar-refractivity contribution in [3.05, 3.63) is 23.9 Å². The van der Waals surface area contributed by atoms with Crippen LogP contribution in [0.1, 0.15) is 38.2 Å². The molecule has 0 spiro atoms. The Morgan fingerprint density at radius 3 is 2.95 bits per heavy atom. The summed E-state index contributed by atoms with van der Waals surface area (Å²) in [4.78, 5) is 6.90. The molecule has 3 nitrogen and oxygen atoms in total. The Morgan fingerprint density at radius 1 is 1.42 bits per heavy atom. The predicted molar refractivity (Wildman–Crippen MR) is 77.3 cm³/mol. The molecule has 1 aromatic rings. The van der Waals surface area contributed by atoms with Crippen molar-refractivity contribution < 1.29 is 5.11 Å². The number of aryl methyl sites for hydroxylation is 1. The molecular formula is C16H24N2O. The smallest absolute Gasteiger partial charge is 0.128 e. The molecule has 2 heterocycles. The highest BCUT2D eigenvalue weighted by atomic mass is 16.3. The summed E-state index contributed by atoms with van der Waals surface area (Å²) in [5, 5.41) is 10.8. The van der Waals surface area contributed by atoms with Gasteiger partial charge in [-0.15, -0.1) is 0 Å². The Balaban J connectivity index is 1.80. The topological polar surface area (TPSA) is 36.4 Å². The standard InChI is InChI=1S/C16H24N2O/c1-3-16(19)8-4-5-13-10-18(11-14(13)16)15-7-6-12(2)9-17-15/h6-7,9,13-14,19H,3-5,8,10-11H2,1-2H3/t13-,14+,16-/m1/s1. The average Bonchev–Trinajstić information content (AvgIpc) is 2.85. The SMILES string of the molecule is CC[C@@]1(O)CCC[C@@H]2CN(c3ccc(C)cn3)C[C@@H]21. The van der Waals surface area contributed by atoms with E-state index in [1.807, 2.05) is 6.20 Å². The fraction of sp³-hybridized carbons (Fsp3) is 0.688. The number of hydrogen-bond acceptors (Lipinski definition) is 3. The third kappa shape index (κ3) is 2.25. The molecule has 0 radical (unpaired) electrons. The van der Waals surface area contributed by atoms with Crippen LogP contribution in [0.25, 0.3) is 0 Å². The van der Waals surface area contributed by atoms with E-state index in [9.17, 15) is 5.11 Å². The monoisotopic (exact) mass is 260 g/mol. The van der Waals surface area contributed by atoms with Crippen LogP contribution in [-0.4, -0.2) is 28.8 Å². The van der Waals surface area contributed by atoms with Crippen molar-refractivity contribution in [2.45, 2.75) is 45.1 Å². The van der Waals surface area contributed by atoms with Crippen molar-refractivity contribution in [3.8, 4) is 0 Å². The van der Waals surface area contributed by atoms with Gasteiger partial charge in [0.2, 0.25) is 0 Å². The molecule has 1 aliphatic carbocycles. The second-order valence-electron chi connectivity index (χ2n) is 6.31. The molecule has 1 aromatic heterocycles. The molecule has 3 atom stereocenters. The second-order valence-corrected chi connectivity index (χ2v) is 6.31. The van der Waals surface area contributed by atoms with Gasteiger partial charge in [0, 0.05) is 25.2 Å². The van der Waals surface area contributed by atoms with Gasteiger partial charge in [-0.2, -0.15) is 0 Å². The van der Waals surface area contributed by atoms with Crippen LogP contribution >= 0.6 is 0 Å². The molecule has 0 aromatic carbocycles. The van der Waals surface area contributed by atoms with Gasteiger partial charge < -0.3 is 10.0 Å². The molecule has 104 valence electrons. The Hall–Kier alpha value is -1.09. The van der Waals surface area contributed by atoms with Gasteiger partial charge in [0.25, 0.3) is 0 Å². The molecular weight excluding hydrogens is 236 g/mol. The summed E-state index contributed by atoms with van der Waals surface area (Å²) in [6.45, 7) is 6.21. The minimum absolute atomic E-state index is 0.425. The average molecular weight is 260 g/mol. The van der Waals surface area contributed by atoms with E-state index in [2.05, 4.69) is 35.9 Å². The first-order valence-electron chi connectivity index (χ1n) is 7.52. The van der Waals surface area contributed by atoms with Gasteiger partial charge in [-0.1, -0.05) is 19.4 Å². The highest BCUT2D eigenvalue weighted by Gasteiger charge is 2.47. The quantitative estimate of drug-likeness (QED) is 0.888. The molecule has 0 unspecified atom stereocenters. The Labute approximate surface area is 115 Å². The zero-order valence-electron chi connectivity index (χ0n) is 12.0. The fourth-order valence-electron chi connectivity index (χ4n) is 3.90. The summed E-state index contributed by atoms with van der Waals surface area (Å²) in [7, 11) is 0. The summed E-state index contributed by atoms with van der Waals surface area (Å²) in [6, 6.07) is 4.23. The lowest BCUT2D eigenvalue weighted by Crippen LogP contribution is -2.44. The lowest BCUT2D eigenvalue weighted by molar-refractivity contribution is -0.0597. The number of hydrogen-bond donors (Lipinski definition) is 1. The van der Waals surface area contributed by atoms with Crippen LogP contribution in [0.4, 0.5) is 5.82 Å². The number of aliphatic hydroxyl groups is 1.